The molecule has 0 atom stereocenters. The predicted molar refractivity (Wildman–Crippen MR) is 76.2 cm³/mol. The maximum atomic E-state index is 11.9. The first-order valence-corrected chi connectivity index (χ1v) is 6.64. The van der Waals surface area contributed by atoms with Gasteiger partial charge in [-0.3, -0.25) is 4.79 Å². The number of hydrogen-bond donors (Lipinski definition) is 2. The van der Waals surface area contributed by atoms with Gasteiger partial charge in [0.15, 0.2) is 11.5 Å². The van der Waals surface area contributed by atoms with Gasteiger partial charge in [-0.15, -0.1) is 0 Å². The van der Waals surface area contributed by atoms with E-state index in [1.807, 2.05) is 18.2 Å². The Labute approximate surface area is 122 Å². The number of aromatic hydroxyl groups is 1. The molecule has 1 amide bonds. The summed E-state index contributed by atoms with van der Waals surface area (Å²) in [5.41, 5.74) is 1.72. The lowest BCUT2D eigenvalue weighted by molar-refractivity contribution is -0.120. The van der Waals surface area contributed by atoms with Crippen molar-refractivity contribution in [2.24, 2.45) is 0 Å². The second-order valence-electron chi connectivity index (χ2n) is 4.81. The van der Waals surface area contributed by atoms with Crippen LogP contribution in [0, 0.1) is 0 Å². The van der Waals surface area contributed by atoms with Crippen molar-refractivity contribution >= 4 is 5.91 Å². The lowest BCUT2D eigenvalue weighted by Crippen LogP contribution is -2.24. The molecule has 1 aliphatic heterocycles. The van der Waals surface area contributed by atoms with Crippen molar-refractivity contribution in [3.8, 4) is 17.2 Å². The van der Waals surface area contributed by atoms with Crippen LogP contribution in [-0.4, -0.2) is 17.8 Å². The van der Waals surface area contributed by atoms with E-state index in [2.05, 4.69) is 5.32 Å². The number of carbonyl (C=O) groups is 1. The standard InChI is InChI=1S/C16H15NO4/c18-13-3-1-2-11(6-13)8-16(19)17-9-12-4-5-14-15(7-12)21-10-20-14/h1-7,18H,8-10H2,(H,17,19). The average Bonchev–Trinajstić information content (AvgIpc) is 2.92. The largest absolute Gasteiger partial charge is 0.508 e. The van der Waals surface area contributed by atoms with Gasteiger partial charge in [0.1, 0.15) is 5.75 Å². The van der Waals surface area contributed by atoms with Crippen LogP contribution in [0.1, 0.15) is 11.1 Å². The number of rotatable bonds is 4. The van der Waals surface area contributed by atoms with Crippen molar-refractivity contribution < 1.29 is 19.4 Å². The molecule has 0 spiro atoms. The fraction of sp³-hybridized carbons (Fsp3) is 0.188. The van der Waals surface area contributed by atoms with E-state index in [0.717, 1.165) is 16.9 Å². The Hall–Kier alpha value is -2.69. The molecule has 108 valence electrons. The van der Waals surface area contributed by atoms with Crippen LogP contribution in [0.2, 0.25) is 0 Å². The van der Waals surface area contributed by atoms with Crippen molar-refractivity contribution in [1.29, 1.82) is 0 Å². The fourth-order valence-corrected chi connectivity index (χ4v) is 2.17. The first-order valence-electron chi connectivity index (χ1n) is 6.64. The summed E-state index contributed by atoms with van der Waals surface area (Å²) < 4.78 is 10.5. The minimum Gasteiger partial charge on any atom is -0.508 e. The number of phenols is 1. The molecule has 0 radical (unpaired) electrons. The first kappa shape index (κ1) is 13.3. The summed E-state index contributed by atoms with van der Waals surface area (Å²) in [6.45, 7) is 0.664. The molecule has 0 fully saturated rings. The molecule has 1 aliphatic rings. The summed E-state index contributed by atoms with van der Waals surface area (Å²) in [4.78, 5) is 11.9. The molecular formula is C16H15NO4. The highest BCUT2D eigenvalue weighted by Crippen LogP contribution is 2.32. The first-order chi connectivity index (χ1) is 10.2. The van der Waals surface area contributed by atoms with Crippen LogP contribution in [0.4, 0.5) is 0 Å². The Bertz CT molecular complexity index is 669. The van der Waals surface area contributed by atoms with Gasteiger partial charge < -0.3 is 19.9 Å². The summed E-state index contributed by atoms with van der Waals surface area (Å²) in [5, 5.41) is 12.2. The Kier molecular flexibility index (Phi) is 3.64. The molecule has 0 aliphatic carbocycles. The van der Waals surface area contributed by atoms with Crippen LogP contribution in [0.25, 0.3) is 0 Å². The SMILES string of the molecule is O=C(Cc1cccc(O)c1)NCc1ccc2c(c1)OCO2. The predicted octanol–water partition coefficient (Wildman–Crippen LogP) is 1.98. The molecule has 0 unspecified atom stereocenters. The highest BCUT2D eigenvalue weighted by Gasteiger charge is 2.13. The van der Waals surface area contributed by atoms with Crippen LogP contribution < -0.4 is 14.8 Å². The van der Waals surface area contributed by atoms with Gasteiger partial charge in [0.2, 0.25) is 12.7 Å². The monoisotopic (exact) mass is 285 g/mol. The molecular weight excluding hydrogens is 270 g/mol. The van der Waals surface area contributed by atoms with E-state index in [1.165, 1.54) is 0 Å². The number of benzene rings is 2. The van der Waals surface area contributed by atoms with Crippen LogP contribution in [0.3, 0.4) is 0 Å². The molecule has 3 rings (SSSR count). The van der Waals surface area contributed by atoms with Gasteiger partial charge in [-0.25, -0.2) is 0 Å². The summed E-state index contributed by atoms with van der Waals surface area (Å²) in [6.07, 6.45) is 0.235. The zero-order valence-corrected chi connectivity index (χ0v) is 11.3. The normalized spacial score (nSPS) is 12.2. The Morgan fingerprint density at radius 3 is 2.81 bits per heavy atom. The van der Waals surface area contributed by atoms with Crippen molar-refractivity contribution in [3.63, 3.8) is 0 Å². The fourth-order valence-electron chi connectivity index (χ4n) is 2.17. The number of hydrogen-bond acceptors (Lipinski definition) is 4. The summed E-state index contributed by atoms with van der Waals surface area (Å²) in [7, 11) is 0. The molecule has 2 N–H and O–H groups in total. The molecule has 0 saturated heterocycles. The van der Waals surface area contributed by atoms with E-state index in [4.69, 9.17) is 9.47 Å². The van der Waals surface area contributed by atoms with E-state index in [0.29, 0.717) is 12.3 Å². The van der Waals surface area contributed by atoms with Crippen LogP contribution in [0.15, 0.2) is 42.5 Å². The lowest BCUT2D eigenvalue weighted by atomic mass is 10.1. The molecule has 5 nitrogen and oxygen atoms in total. The van der Waals surface area contributed by atoms with Gasteiger partial charge in [0, 0.05) is 6.54 Å². The molecule has 5 heteroatoms. The van der Waals surface area contributed by atoms with Gasteiger partial charge in [0.25, 0.3) is 0 Å². The smallest absolute Gasteiger partial charge is 0.231 e. The number of nitrogens with one attached hydrogen (secondary N) is 1. The molecule has 21 heavy (non-hydrogen) atoms. The van der Waals surface area contributed by atoms with Crippen LogP contribution in [-0.2, 0) is 17.8 Å². The number of amides is 1. The quantitative estimate of drug-likeness (QED) is 0.901. The third-order valence-electron chi connectivity index (χ3n) is 3.20. The molecule has 2 aromatic rings. The topological polar surface area (TPSA) is 67.8 Å². The van der Waals surface area contributed by atoms with Crippen molar-refractivity contribution in [2.75, 3.05) is 6.79 Å². The van der Waals surface area contributed by atoms with E-state index >= 15 is 0 Å². The maximum absolute atomic E-state index is 11.9. The minimum absolute atomic E-state index is 0.0988. The maximum Gasteiger partial charge on any atom is 0.231 e. The Morgan fingerprint density at radius 2 is 1.95 bits per heavy atom. The third kappa shape index (κ3) is 3.25. The van der Waals surface area contributed by atoms with E-state index in [9.17, 15) is 9.90 Å². The zero-order valence-electron chi connectivity index (χ0n) is 11.3. The Morgan fingerprint density at radius 1 is 1.10 bits per heavy atom. The minimum atomic E-state index is -0.0988. The van der Waals surface area contributed by atoms with E-state index < -0.39 is 0 Å². The molecule has 0 saturated carbocycles. The summed E-state index contributed by atoms with van der Waals surface area (Å²) in [5.74, 6) is 1.49. The van der Waals surface area contributed by atoms with Crippen LogP contribution >= 0.6 is 0 Å². The van der Waals surface area contributed by atoms with Crippen molar-refractivity contribution in [2.45, 2.75) is 13.0 Å². The Balaban J connectivity index is 1.56. The summed E-state index contributed by atoms with van der Waals surface area (Å²) >= 11 is 0. The van der Waals surface area contributed by atoms with Crippen molar-refractivity contribution in [3.05, 3.63) is 53.6 Å². The number of fused-ring (bicyclic) bond motifs is 1. The summed E-state index contributed by atoms with van der Waals surface area (Å²) in [6, 6.07) is 12.3. The van der Waals surface area contributed by atoms with Gasteiger partial charge in [0.05, 0.1) is 6.42 Å². The average molecular weight is 285 g/mol. The molecule has 0 bridgehead atoms. The third-order valence-corrected chi connectivity index (χ3v) is 3.20. The van der Waals surface area contributed by atoms with E-state index in [-0.39, 0.29) is 24.9 Å². The number of ether oxygens (including phenoxy) is 2. The van der Waals surface area contributed by atoms with Gasteiger partial charge >= 0.3 is 0 Å². The second-order valence-corrected chi connectivity index (χ2v) is 4.81. The van der Waals surface area contributed by atoms with E-state index in [1.54, 1.807) is 24.3 Å². The molecule has 1 heterocycles. The number of carbonyl (C=O) groups excluding carboxylic acids is 1. The zero-order chi connectivity index (χ0) is 14.7. The van der Waals surface area contributed by atoms with Crippen LogP contribution in [0.5, 0.6) is 17.2 Å². The molecule has 2 aromatic carbocycles. The second kappa shape index (κ2) is 5.75. The van der Waals surface area contributed by atoms with Crippen molar-refractivity contribution in [1.82, 2.24) is 5.32 Å². The van der Waals surface area contributed by atoms with Gasteiger partial charge in [-0.2, -0.15) is 0 Å². The highest BCUT2D eigenvalue weighted by atomic mass is 16.7. The van der Waals surface area contributed by atoms with Gasteiger partial charge in [-0.05, 0) is 35.4 Å². The van der Waals surface area contributed by atoms with Gasteiger partial charge in [-0.1, -0.05) is 18.2 Å². The number of phenolic OH excluding ortho intramolecular Hbond substituents is 1. The molecule has 0 aromatic heterocycles. The highest BCUT2D eigenvalue weighted by molar-refractivity contribution is 5.78. The lowest BCUT2D eigenvalue weighted by Gasteiger charge is -2.06.